The van der Waals surface area contributed by atoms with Crippen LogP contribution in [0.15, 0.2) is 42.5 Å². The number of hydrogen-bond acceptors (Lipinski definition) is 3. The summed E-state index contributed by atoms with van der Waals surface area (Å²) in [5.41, 5.74) is 1.49. The van der Waals surface area contributed by atoms with Gasteiger partial charge in [0, 0.05) is 7.05 Å². The molecule has 120 valence electrons. The highest BCUT2D eigenvalue weighted by Gasteiger charge is 2.18. The number of carbonyl (C=O) groups is 2. The van der Waals surface area contributed by atoms with Crippen molar-refractivity contribution < 1.29 is 14.7 Å². The van der Waals surface area contributed by atoms with Gasteiger partial charge in [0.25, 0.3) is 5.91 Å². The van der Waals surface area contributed by atoms with Crippen molar-refractivity contribution >= 4 is 29.1 Å². The average Bonchev–Trinajstić information content (AvgIpc) is 2.49. The summed E-state index contributed by atoms with van der Waals surface area (Å²) in [5.74, 6) is -0.911. The summed E-state index contributed by atoms with van der Waals surface area (Å²) < 4.78 is 0. The Hall–Kier alpha value is -2.53. The van der Waals surface area contributed by atoms with Gasteiger partial charge in [-0.1, -0.05) is 29.8 Å². The first-order valence-corrected chi connectivity index (χ1v) is 7.35. The molecule has 0 spiro atoms. The molecule has 0 aliphatic rings. The monoisotopic (exact) mass is 332 g/mol. The predicted octanol–water partition coefficient (Wildman–Crippen LogP) is 3.06. The fourth-order valence-electron chi connectivity index (χ4n) is 2.07. The molecule has 0 heterocycles. The van der Waals surface area contributed by atoms with Crippen molar-refractivity contribution in [3.05, 3.63) is 58.6 Å². The van der Waals surface area contributed by atoms with Gasteiger partial charge in [0.2, 0.25) is 5.91 Å². The Morgan fingerprint density at radius 1 is 1.22 bits per heavy atom. The Labute approximate surface area is 139 Å². The number of benzene rings is 2. The third-order valence-electron chi connectivity index (χ3n) is 3.26. The number of hydrogen-bond donors (Lipinski definition) is 2. The molecule has 0 saturated carbocycles. The van der Waals surface area contributed by atoms with Gasteiger partial charge >= 0.3 is 0 Å². The van der Waals surface area contributed by atoms with Crippen molar-refractivity contribution in [1.82, 2.24) is 4.90 Å². The molecule has 0 radical (unpaired) electrons. The van der Waals surface area contributed by atoms with Crippen LogP contribution in [0.3, 0.4) is 0 Å². The predicted molar refractivity (Wildman–Crippen MR) is 89.9 cm³/mol. The second kappa shape index (κ2) is 7.15. The highest BCUT2D eigenvalue weighted by Crippen LogP contribution is 2.21. The van der Waals surface area contributed by atoms with Crippen LogP contribution in [0.1, 0.15) is 15.9 Å². The van der Waals surface area contributed by atoms with Crippen LogP contribution in [-0.2, 0) is 4.79 Å². The maximum Gasteiger partial charge on any atom is 0.257 e. The normalized spacial score (nSPS) is 10.2. The molecule has 0 aliphatic heterocycles. The van der Waals surface area contributed by atoms with Crippen LogP contribution in [0.25, 0.3) is 0 Å². The van der Waals surface area contributed by atoms with Crippen molar-refractivity contribution in [3.8, 4) is 5.75 Å². The third kappa shape index (κ3) is 4.23. The zero-order chi connectivity index (χ0) is 17.0. The smallest absolute Gasteiger partial charge is 0.257 e. The van der Waals surface area contributed by atoms with E-state index in [1.165, 1.54) is 24.1 Å². The van der Waals surface area contributed by atoms with Crippen molar-refractivity contribution in [2.24, 2.45) is 0 Å². The maximum atomic E-state index is 12.3. The van der Waals surface area contributed by atoms with E-state index in [9.17, 15) is 14.7 Å². The van der Waals surface area contributed by atoms with E-state index in [0.29, 0.717) is 10.7 Å². The number of halogens is 1. The molecule has 0 saturated heterocycles. The molecule has 2 amide bonds. The van der Waals surface area contributed by atoms with Crippen LogP contribution < -0.4 is 5.32 Å². The van der Waals surface area contributed by atoms with Gasteiger partial charge in [-0.25, -0.2) is 0 Å². The second-order valence-corrected chi connectivity index (χ2v) is 5.62. The van der Waals surface area contributed by atoms with Crippen LogP contribution in [0, 0.1) is 6.92 Å². The SMILES string of the molecule is Cc1ccc(C(=O)N(C)CC(=O)Nc2ccccc2Cl)c(O)c1. The largest absolute Gasteiger partial charge is 0.507 e. The lowest BCUT2D eigenvalue weighted by Crippen LogP contribution is -2.35. The molecule has 23 heavy (non-hydrogen) atoms. The van der Waals surface area contributed by atoms with Gasteiger partial charge in [0.15, 0.2) is 0 Å². The minimum absolute atomic E-state index is 0.103. The molecule has 2 aromatic carbocycles. The minimum atomic E-state index is -0.434. The molecule has 2 aromatic rings. The lowest BCUT2D eigenvalue weighted by atomic mass is 10.1. The first kappa shape index (κ1) is 16.8. The fourth-order valence-corrected chi connectivity index (χ4v) is 2.25. The van der Waals surface area contributed by atoms with Crippen LogP contribution in [0.2, 0.25) is 5.02 Å². The molecule has 0 aromatic heterocycles. The van der Waals surface area contributed by atoms with Gasteiger partial charge < -0.3 is 15.3 Å². The maximum absolute atomic E-state index is 12.3. The van der Waals surface area contributed by atoms with Crippen molar-refractivity contribution in [2.45, 2.75) is 6.92 Å². The van der Waals surface area contributed by atoms with Crippen LogP contribution in [-0.4, -0.2) is 35.4 Å². The Kier molecular flexibility index (Phi) is 5.24. The van der Waals surface area contributed by atoms with Gasteiger partial charge in [-0.3, -0.25) is 9.59 Å². The molecular formula is C17H17ClN2O3. The van der Waals surface area contributed by atoms with E-state index >= 15 is 0 Å². The summed E-state index contributed by atoms with van der Waals surface area (Å²) in [7, 11) is 1.49. The number of anilines is 1. The number of nitrogens with zero attached hydrogens (tertiary/aromatic N) is 1. The first-order valence-electron chi connectivity index (χ1n) is 6.98. The quantitative estimate of drug-likeness (QED) is 0.904. The van der Waals surface area contributed by atoms with E-state index in [2.05, 4.69) is 5.32 Å². The van der Waals surface area contributed by atoms with Crippen molar-refractivity contribution in [1.29, 1.82) is 0 Å². The van der Waals surface area contributed by atoms with E-state index in [4.69, 9.17) is 11.6 Å². The number of likely N-dealkylation sites (N-methyl/N-ethyl adjacent to an activating group) is 1. The summed E-state index contributed by atoms with van der Waals surface area (Å²) in [4.78, 5) is 25.5. The zero-order valence-electron chi connectivity index (χ0n) is 12.8. The number of nitrogens with one attached hydrogen (secondary N) is 1. The number of aryl methyl sites for hydroxylation is 1. The summed E-state index contributed by atoms with van der Waals surface area (Å²) in [6.45, 7) is 1.66. The summed E-state index contributed by atoms with van der Waals surface area (Å²) >= 11 is 5.97. The van der Waals surface area contributed by atoms with Crippen LogP contribution >= 0.6 is 11.6 Å². The highest BCUT2D eigenvalue weighted by molar-refractivity contribution is 6.33. The standard InChI is InChI=1S/C17H17ClN2O3/c1-11-7-8-12(15(21)9-11)17(23)20(2)10-16(22)19-14-6-4-3-5-13(14)18/h3-9,21H,10H2,1-2H3,(H,19,22). The number of aromatic hydroxyl groups is 1. The first-order chi connectivity index (χ1) is 10.9. The molecule has 6 heteroatoms. The number of amides is 2. The number of rotatable bonds is 4. The van der Waals surface area contributed by atoms with Crippen LogP contribution in [0.5, 0.6) is 5.75 Å². The van der Waals surface area contributed by atoms with Gasteiger partial charge in [0.05, 0.1) is 22.8 Å². The van der Waals surface area contributed by atoms with Crippen LogP contribution in [0.4, 0.5) is 5.69 Å². The number of carbonyl (C=O) groups excluding carboxylic acids is 2. The van der Waals surface area contributed by atoms with Gasteiger partial charge in [-0.05, 0) is 36.8 Å². The molecule has 0 fully saturated rings. The fraction of sp³-hybridized carbons (Fsp3) is 0.176. The molecule has 2 N–H and O–H groups in total. The molecule has 0 bridgehead atoms. The zero-order valence-corrected chi connectivity index (χ0v) is 13.6. The average molecular weight is 333 g/mol. The van der Waals surface area contributed by atoms with Crippen molar-refractivity contribution in [3.63, 3.8) is 0 Å². The minimum Gasteiger partial charge on any atom is -0.507 e. The van der Waals surface area contributed by atoms with Gasteiger partial charge in [0.1, 0.15) is 5.75 Å². The van der Waals surface area contributed by atoms with E-state index in [1.54, 1.807) is 30.3 Å². The van der Waals surface area contributed by atoms with Gasteiger partial charge in [-0.15, -0.1) is 0 Å². The molecular weight excluding hydrogens is 316 g/mol. The number of phenols is 1. The summed E-state index contributed by atoms with van der Waals surface area (Å²) in [5, 5.41) is 12.9. The molecule has 5 nitrogen and oxygen atoms in total. The second-order valence-electron chi connectivity index (χ2n) is 5.21. The van der Waals surface area contributed by atoms with E-state index in [-0.39, 0.29) is 23.8 Å². The Bertz CT molecular complexity index is 746. The number of phenolic OH excluding ortho intramolecular Hbond substituents is 1. The molecule has 0 aliphatic carbocycles. The number of para-hydroxylation sites is 1. The summed E-state index contributed by atoms with van der Waals surface area (Å²) in [6.07, 6.45) is 0. The Morgan fingerprint density at radius 3 is 2.57 bits per heavy atom. The topological polar surface area (TPSA) is 69.6 Å². The Morgan fingerprint density at radius 2 is 1.91 bits per heavy atom. The highest BCUT2D eigenvalue weighted by atomic mass is 35.5. The lowest BCUT2D eigenvalue weighted by molar-refractivity contribution is -0.116. The van der Waals surface area contributed by atoms with E-state index in [1.807, 2.05) is 6.92 Å². The molecule has 0 atom stereocenters. The Balaban J connectivity index is 2.03. The molecule has 2 rings (SSSR count). The lowest BCUT2D eigenvalue weighted by Gasteiger charge is -2.18. The van der Waals surface area contributed by atoms with Gasteiger partial charge in [-0.2, -0.15) is 0 Å². The molecule has 0 unspecified atom stereocenters. The summed E-state index contributed by atoms with van der Waals surface area (Å²) in [6, 6.07) is 11.6. The van der Waals surface area contributed by atoms with E-state index < -0.39 is 5.91 Å². The third-order valence-corrected chi connectivity index (χ3v) is 3.59. The van der Waals surface area contributed by atoms with Crippen molar-refractivity contribution in [2.75, 3.05) is 18.9 Å². The van der Waals surface area contributed by atoms with E-state index in [0.717, 1.165) is 5.56 Å².